The summed E-state index contributed by atoms with van der Waals surface area (Å²) in [5, 5.41) is 30.1. The Bertz CT molecular complexity index is 741. The molecule has 0 aliphatic carbocycles. The molecule has 1 N–H and O–H groups in total. The Labute approximate surface area is 119 Å². The third-order valence-electron chi connectivity index (χ3n) is 3.04. The highest BCUT2D eigenvalue weighted by molar-refractivity contribution is 6.13. The number of nitrogens with zero attached hydrogens (tertiary/aromatic N) is 2. The number of hydrogen-bond acceptors (Lipinski definition) is 5. The predicted octanol–water partition coefficient (Wildman–Crippen LogP) is 3.23. The van der Waals surface area contributed by atoms with Crippen LogP contribution >= 0.6 is 0 Å². The zero-order valence-electron chi connectivity index (χ0n) is 11.1. The summed E-state index contributed by atoms with van der Waals surface area (Å²) in [6.07, 6.45) is 0. The standard InChI is InChI=1S/C14H11N3O4/c1-9-7-11(14(15)10-5-3-2-4-6-10)13(17(20)21)8-12(9)16(18)19/h2-8,15H,1H3. The van der Waals surface area contributed by atoms with Gasteiger partial charge in [-0.2, -0.15) is 0 Å². The first-order valence-electron chi connectivity index (χ1n) is 5.99. The minimum absolute atomic E-state index is 0.0414. The molecule has 0 saturated carbocycles. The molecule has 106 valence electrons. The van der Waals surface area contributed by atoms with Gasteiger partial charge < -0.3 is 0 Å². The van der Waals surface area contributed by atoms with Gasteiger partial charge in [0, 0.05) is 11.1 Å². The van der Waals surface area contributed by atoms with Crippen LogP contribution in [0, 0.1) is 32.6 Å². The molecule has 0 saturated heterocycles. The zero-order valence-corrected chi connectivity index (χ0v) is 11.1. The second kappa shape index (κ2) is 5.49. The quantitative estimate of drug-likeness (QED) is 0.528. The van der Waals surface area contributed by atoms with E-state index in [2.05, 4.69) is 0 Å². The lowest BCUT2D eigenvalue weighted by Crippen LogP contribution is -2.07. The van der Waals surface area contributed by atoms with Crippen LogP contribution in [0.25, 0.3) is 0 Å². The van der Waals surface area contributed by atoms with Crippen molar-refractivity contribution in [3.05, 3.63) is 79.4 Å². The number of nitro groups is 2. The van der Waals surface area contributed by atoms with Crippen molar-refractivity contribution in [1.82, 2.24) is 0 Å². The highest BCUT2D eigenvalue weighted by Gasteiger charge is 2.25. The Balaban J connectivity index is 2.63. The van der Waals surface area contributed by atoms with E-state index >= 15 is 0 Å². The molecule has 0 atom stereocenters. The normalized spacial score (nSPS) is 10.1. The number of rotatable bonds is 4. The van der Waals surface area contributed by atoms with Crippen molar-refractivity contribution < 1.29 is 9.85 Å². The summed E-state index contributed by atoms with van der Waals surface area (Å²) < 4.78 is 0. The van der Waals surface area contributed by atoms with Crippen molar-refractivity contribution in [2.75, 3.05) is 0 Å². The smallest absolute Gasteiger partial charge is 0.285 e. The van der Waals surface area contributed by atoms with Crippen LogP contribution in [0.1, 0.15) is 16.7 Å². The molecule has 0 heterocycles. The van der Waals surface area contributed by atoms with Gasteiger partial charge >= 0.3 is 0 Å². The average molecular weight is 285 g/mol. The van der Waals surface area contributed by atoms with Gasteiger partial charge in [0.25, 0.3) is 11.4 Å². The molecule has 0 fully saturated rings. The van der Waals surface area contributed by atoms with Gasteiger partial charge in [0.15, 0.2) is 0 Å². The fourth-order valence-electron chi connectivity index (χ4n) is 1.99. The number of hydrogen-bond donors (Lipinski definition) is 1. The fourth-order valence-corrected chi connectivity index (χ4v) is 1.99. The lowest BCUT2D eigenvalue weighted by molar-refractivity contribution is -0.394. The molecule has 21 heavy (non-hydrogen) atoms. The molecule has 2 aromatic carbocycles. The van der Waals surface area contributed by atoms with Gasteiger partial charge in [-0.3, -0.25) is 25.6 Å². The van der Waals surface area contributed by atoms with Crippen LogP contribution < -0.4 is 0 Å². The van der Waals surface area contributed by atoms with E-state index in [1.54, 1.807) is 30.3 Å². The van der Waals surface area contributed by atoms with Crippen LogP contribution in [-0.4, -0.2) is 15.6 Å². The van der Waals surface area contributed by atoms with Crippen molar-refractivity contribution in [2.24, 2.45) is 0 Å². The summed E-state index contributed by atoms with van der Waals surface area (Å²) in [6.45, 7) is 1.49. The minimum Gasteiger partial charge on any atom is -0.299 e. The van der Waals surface area contributed by atoms with Crippen LogP contribution in [0.15, 0.2) is 42.5 Å². The lowest BCUT2D eigenvalue weighted by atomic mass is 9.98. The number of aryl methyl sites for hydroxylation is 1. The second-order valence-electron chi connectivity index (χ2n) is 4.41. The molecule has 0 bridgehead atoms. The number of nitrogens with one attached hydrogen (secondary N) is 1. The van der Waals surface area contributed by atoms with Gasteiger partial charge in [0.1, 0.15) is 0 Å². The van der Waals surface area contributed by atoms with E-state index in [-0.39, 0.29) is 22.5 Å². The molecule has 0 radical (unpaired) electrons. The molecule has 0 spiro atoms. The van der Waals surface area contributed by atoms with E-state index in [9.17, 15) is 20.2 Å². The Kier molecular flexibility index (Phi) is 3.75. The first-order chi connectivity index (χ1) is 9.91. The highest BCUT2D eigenvalue weighted by Crippen LogP contribution is 2.30. The van der Waals surface area contributed by atoms with E-state index < -0.39 is 15.5 Å². The van der Waals surface area contributed by atoms with Crippen LogP contribution in [0.4, 0.5) is 11.4 Å². The van der Waals surface area contributed by atoms with E-state index in [0.717, 1.165) is 6.07 Å². The predicted molar refractivity (Wildman–Crippen MR) is 76.9 cm³/mol. The van der Waals surface area contributed by atoms with Gasteiger partial charge in [0.05, 0.1) is 27.2 Å². The van der Waals surface area contributed by atoms with E-state index in [4.69, 9.17) is 5.41 Å². The maximum absolute atomic E-state index is 11.1. The molecule has 0 aliphatic heterocycles. The average Bonchev–Trinajstić information content (AvgIpc) is 2.46. The third kappa shape index (κ3) is 2.76. The maximum Gasteiger partial charge on any atom is 0.285 e. The summed E-state index contributed by atoms with van der Waals surface area (Å²) in [5.41, 5.74) is 0.0391. The zero-order chi connectivity index (χ0) is 15.6. The first-order valence-corrected chi connectivity index (χ1v) is 5.99. The third-order valence-corrected chi connectivity index (χ3v) is 3.04. The van der Waals surface area contributed by atoms with Gasteiger partial charge in [-0.1, -0.05) is 30.3 Å². The van der Waals surface area contributed by atoms with Crippen LogP contribution in [-0.2, 0) is 0 Å². The van der Waals surface area contributed by atoms with E-state index in [1.165, 1.54) is 13.0 Å². The Morgan fingerprint density at radius 3 is 2.10 bits per heavy atom. The van der Waals surface area contributed by atoms with E-state index in [1.807, 2.05) is 0 Å². The van der Waals surface area contributed by atoms with E-state index in [0.29, 0.717) is 5.56 Å². The molecule has 0 unspecified atom stereocenters. The number of nitro benzene ring substituents is 2. The van der Waals surface area contributed by atoms with Crippen LogP contribution in [0.2, 0.25) is 0 Å². The van der Waals surface area contributed by atoms with Crippen molar-refractivity contribution in [1.29, 1.82) is 5.41 Å². The SMILES string of the molecule is Cc1cc(C(=N)c2ccccc2)c([N+](=O)[O-])cc1[N+](=O)[O-]. The molecule has 2 aromatic rings. The van der Waals surface area contributed by atoms with Gasteiger partial charge in [-0.05, 0) is 13.0 Å². The minimum atomic E-state index is -0.709. The first kappa shape index (κ1) is 14.3. The van der Waals surface area contributed by atoms with Crippen molar-refractivity contribution in [2.45, 2.75) is 6.92 Å². The summed E-state index contributed by atoms with van der Waals surface area (Å²) in [6, 6.07) is 10.7. The molecular weight excluding hydrogens is 274 g/mol. The monoisotopic (exact) mass is 285 g/mol. The molecule has 0 amide bonds. The fraction of sp³-hybridized carbons (Fsp3) is 0.0714. The lowest BCUT2D eigenvalue weighted by Gasteiger charge is -2.07. The van der Waals surface area contributed by atoms with Crippen molar-refractivity contribution in [3.63, 3.8) is 0 Å². The molecule has 0 aliphatic rings. The maximum atomic E-state index is 11.1. The molecule has 7 nitrogen and oxygen atoms in total. The second-order valence-corrected chi connectivity index (χ2v) is 4.41. The van der Waals surface area contributed by atoms with Crippen LogP contribution in [0.5, 0.6) is 0 Å². The van der Waals surface area contributed by atoms with Gasteiger partial charge in [-0.15, -0.1) is 0 Å². The van der Waals surface area contributed by atoms with Crippen molar-refractivity contribution in [3.8, 4) is 0 Å². The highest BCUT2D eigenvalue weighted by atomic mass is 16.6. The molecule has 0 aromatic heterocycles. The van der Waals surface area contributed by atoms with Crippen LogP contribution in [0.3, 0.4) is 0 Å². The summed E-state index contributed by atoms with van der Waals surface area (Å²) in [7, 11) is 0. The van der Waals surface area contributed by atoms with Crippen molar-refractivity contribution >= 4 is 17.1 Å². The Morgan fingerprint density at radius 1 is 1.00 bits per heavy atom. The molecule has 7 heteroatoms. The largest absolute Gasteiger partial charge is 0.299 e. The topological polar surface area (TPSA) is 110 Å². The molecule has 2 rings (SSSR count). The Morgan fingerprint density at radius 2 is 1.57 bits per heavy atom. The summed E-state index contributed by atoms with van der Waals surface area (Å²) >= 11 is 0. The molecular formula is C14H11N3O4. The number of benzene rings is 2. The van der Waals surface area contributed by atoms with Gasteiger partial charge in [0.2, 0.25) is 0 Å². The Hall–Kier alpha value is -3.09. The summed E-state index contributed by atoms with van der Waals surface area (Å²) in [4.78, 5) is 20.6. The summed E-state index contributed by atoms with van der Waals surface area (Å²) in [5.74, 6) is 0. The van der Waals surface area contributed by atoms with Gasteiger partial charge in [-0.25, -0.2) is 0 Å².